The van der Waals surface area contributed by atoms with Gasteiger partial charge < -0.3 is 5.32 Å². The molecule has 4 atom stereocenters. The second-order valence-electron chi connectivity index (χ2n) is 5.04. The van der Waals surface area contributed by atoms with Crippen molar-refractivity contribution in [2.45, 2.75) is 58.2 Å². The summed E-state index contributed by atoms with van der Waals surface area (Å²) in [6.07, 6.45) is 4.13. The van der Waals surface area contributed by atoms with Gasteiger partial charge in [0, 0.05) is 31.2 Å². The van der Waals surface area contributed by atoms with Crippen molar-refractivity contribution in [1.29, 1.82) is 0 Å². The molecule has 2 heteroatoms. The fraction of sp³-hybridized carbons (Fsp3) is 1.00. The Hall–Kier alpha value is -0.0800. The molecule has 1 saturated heterocycles. The molecule has 82 valence electrons. The van der Waals surface area contributed by atoms with Gasteiger partial charge in [0.2, 0.25) is 0 Å². The fourth-order valence-electron chi connectivity index (χ4n) is 2.85. The van der Waals surface area contributed by atoms with E-state index in [1.54, 1.807) is 0 Å². The van der Waals surface area contributed by atoms with E-state index in [2.05, 4.69) is 31.0 Å². The molecule has 2 rings (SSSR count). The number of hydrogen-bond acceptors (Lipinski definition) is 2. The Morgan fingerprint density at radius 2 is 2.07 bits per heavy atom. The minimum absolute atomic E-state index is 0.691. The molecule has 1 saturated carbocycles. The maximum Gasteiger partial charge on any atom is 0.0221 e. The van der Waals surface area contributed by atoms with Gasteiger partial charge in [-0.2, -0.15) is 0 Å². The summed E-state index contributed by atoms with van der Waals surface area (Å²) in [4.78, 5) is 2.77. The van der Waals surface area contributed by atoms with Crippen LogP contribution in [0.1, 0.15) is 40.0 Å². The van der Waals surface area contributed by atoms with Gasteiger partial charge in [-0.1, -0.05) is 20.3 Å². The standard InChI is InChI=1S/C12H24N2/c1-4-10-6-12(10)14-8-9(3)13-7-11(14)5-2/h9-13H,4-8H2,1-3H3. The third-order valence-electron chi connectivity index (χ3n) is 3.96. The summed E-state index contributed by atoms with van der Waals surface area (Å²) in [5.41, 5.74) is 0. The van der Waals surface area contributed by atoms with Gasteiger partial charge in [-0.3, -0.25) is 4.90 Å². The monoisotopic (exact) mass is 196 g/mol. The molecule has 1 N–H and O–H groups in total. The third kappa shape index (κ3) is 1.96. The first-order chi connectivity index (χ1) is 6.76. The van der Waals surface area contributed by atoms with Gasteiger partial charge >= 0.3 is 0 Å². The van der Waals surface area contributed by atoms with Gasteiger partial charge in [0.1, 0.15) is 0 Å². The van der Waals surface area contributed by atoms with Gasteiger partial charge in [-0.15, -0.1) is 0 Å². The highest BCUT2D eigenvalue weighted by Gasteiger charge is 2.43. The van der Waals surface area contributed by atoms with Crippen molar-refractivity contribution in [1.82, 2.24) is 10.2 Å². The molecule has 0 amide bonds. The molecular weight excluding hydrogens is 172 g/mol. The molecule has 14 heavy (non-hydrogen) atoms. The molecule has 2 nitrogen and oxygen atoms in total. The number of hydrogen-bond donors (Lipinski definition) is 1. The number of nitrogens with zero attached hydrogens (tertiary/aromatic N) is 1. The molecule has 4 unspecified atom stereocenters. The highest BCUT2D eigenvalue weighted by atomic mass is 15.3. The van der Waals surface area contributed by atoms with E-state index in [0.29, 0.717) is 6.04 Å². The van der Waals surface area contributed by atoms with Crippen LogP contribution in [0, 0.1) is 5.92 Å². The summed E-state index contributed by atoms with van der Waals surface area (Å²) >= 11 is 0. The van der Waals surface area contributed by atoms with Crippen molar-refractivity contribution in [3.8, 4) is 0 Å². The second-order valence-corrected chi connectivity index (χ2v) is 5.04. The first-order valence-corrected chi connectivity index (χ1v) is 6.25. The molecule has 0 aromatic rings. The normalized spacial score (nSPS) is 43.9. The van der Waals surface area contributed by atoms with Crippen LogP contribution in [0.15, 0.2) is 0 Å². The molecule has 1 aliphatic carbocycles. The first-order valence-electron chi connectivity index (χ1n) is 6.25. The molecule has 1 aliphatic heterocycles. The molecule has 0 aromatic carbocycles. The van der Waals surface area contributed by atoms with E-state index in [4.69, 9.17) is 0 Å². The number of rotatable bonds is 3. The lowest BCUT2D eigenvalue weighted by Gasteiger charge is -2.39. The molecule has 1 heterocycles. The summed E-state index contributed by atoms with van der Waals surface area (Å²) in [5, 5.41) is 3.59. The fourth-order valence-corrected chi connectivity index (χ4v) is 2.85. The predicted molar refractivity (Wildman–Crippen MR) is 60.4 cm³/mol. The molecule has 2 fully saturated rings. The van der Waals surface area contributed by atoms with E-state index >= 15 is 0 Å². The second kappa shape index (κ2) is 4.19. The van der Waals surface area contributed by atoms with Crippen molar-refractivity contribution >= 4 is 0 Å². The number of piperazine rings is 1. The van der Waals surface area contributed by atoms with Crippen LogP contribution in [0.2, 0.25) is 0 Å². The van der Waals surface area contributed by atoms with Gasteiger partial charge in [0.25, 0.3) is 0 Å². The quantitative estimate of drug-likeness (QED) is 0.741. The highest BCUT2D eigenvalue weighted by molar-refractivity contribution is 4.99. The summed E-state index contributed by atoms with van der Waals surface area (Å²) in [6, 6.07) is 2.41. The molecule has 0 spiro atoms. The number of nitrogens with one attached hydrogen (secondary N) is 1. The van der Waals surface area contributed by atoms with Crippen LogP contribution in [0.25, 0.3) is 0 Å². The summed E-state index contributed by atoms with van der Waals surface area (Å²) in [5.74, 6) is 1.01. The van der Waals surface area contributed by atoms with Crippen LogP contribution in [-0.4, -0.2) is 36.1 Å². The predicted octanol–water partition coefficient (Wildman–Crippen LogP) is 1.86. The smallest absolute Gasteiger partial charge is 0.0221 e. The maximum absolute atomic E-state index is 3.59. The van der Waals surface area contributed by atoms with E-state index in [0.717, 1.165) is 18.0 Å². The minimum atomic E-state index is 0.691. The van der Waals surface area contributed by atoms with Crippen molar-refractivity contribution in [2.75, 3.05) is 13.1 Å². The largest absolute Gasteiger partial charge is 0.311 e. The molecule has 0 bridgehead atoms. The topological polar surface area (TPSA) is 15.3 Å². The Morgan fingerprint density at radius 3 is 2.64 bits per heavy atom. The van der Waals surface area contributed by atoms with Crippen LogP contribution in [0.4, 0.5) is 0 Å². The average Bonchev–Trinajstić information content (AvgIpc) is 2.96. The van der Waals surface area contributed by atoms with Gasteiger partial charge in [0.05, 0.1) is 0 Å². The van der Waals surface area contributed by atoms with Crippen LogP contribution in [0.3, 0.4) is 0 Å². The maximum atomic E-state index is 3.59. The van der Waals surface area contributed by atoms with Crippen molar-refractivity contribution in [3.05, 3.63) is 0 Å². The lowest BCUT2D eigenvalue weighted by molar-refractivity contribution is 0.117. The third-order valence-corrected chi connectivity index (χ3v) is 3.96. The molecule has 0 radical (unpaired) electrons. The van der Waals surface area contributed by atoms with E-state index in [-0.39, 0.29) is 0 Å². The van der Waals surface area contributed by atoms with E-state index in [1.165, 1.54) is 32.4 Å². The van der Waals surface area contributed by atoms with E-state index < -0.39 is 0 Å². The Morgan fingerprint density at radius 1 is 1.29 bits per heavy atom. The van der Waals surface area contributed by atoms with E-state index in [1.807, 2.05) is 0 Å². The Balaban J connectivity index is 1.93. The van der Waals surface area contributed by atoms with Crippen LogP contribution in [-0.2, 0) is 0 Å². The van der Waals surface area contributed by atoms with Crippen LogP contribution in [0.5, 0.6) is 0 Å². The van der Waals surface area contributed by atoms with Crippen LogP contribution < -0.4 is 5.32 Å². The zero-order valence-electron chi connectivity index (χ0n) is 9.79. The molecule has 2 aliphatic rings. The Kier molecular flexibility index (Phi) is 3.13. The van der Waals surface area contributed by atoms with Gasteiger partial charge in [-0.05, 0) is 25.7 Å². The zero-order chi connectivity index (χ0) is 10.1. The minimum Gasteiger partial charge on any atom is -0.311 e. The average molecular weight is 196 g/mol. The Bertz CT molecular complexity index is 193. The highest BCUT2D eigenvalue weighted by Crippen LogP contribution is 2.40. The van der Waals surface area contributed by atoms with Crippen molar-refractivity contribution in [2.24, 2.45) is 5.92 Å². The first kappa shape index (κ1) is 10.4. The molecule has 0 aromatic heterocycles. The Labute approximate surface area is 88.1 Å². The zero-order valence-corrected chi connectivity index (χ0v) is 9.79. The van der Waals surface area contributed by atoms with Crippen molar-refractivity contribution in [3.63, 3.8) is 0 Å². The summed E-state index contributed by atoms with van der Waals surface area (Å²) < 4.78 is 0. The summed E-state index contributed by atoms with van der Waals surface area (Å²) in [7, 11) is 0. The van der Waals surface area contributed by atoms with Crippen molar-refractivity contribution < 1.29 is 0 Å². The van der Waals surface area contributed by atoms with Gasteiger partial charge in [0.15, 0.2) is 0 Å². The summed E-state index contributed by atoms with van der Waals surface area (Å²) in [6.45, 7) is 9.42. The lowest BCUT2D eigenvalue weighted by Crippen LogP contribution is -2.56. The molecular formula is C12H24N2. The SMILES string of the molecule is CCC1CC1N1CC(C)NCC1CC. The van der Waals surface area contributed by atoms with Crippen LogP contribution >= 0.6 is 0 Å². The lowest BCUT2D eigenvalue weighted by atomic mass is 10.1. The van der Waals surface area contributed by atoms with E-state index in [9.17, 15) is 0 Å². The van der Waals surface area contributed by atoms with Gasteiger partial charge in [-0.25, -0.2) is 0 Å².